The van der Waals surface area contributed by atoms with Crippen molar-refractivity contribution in [3.8, 4) is 5.75 Å². The maximum atomic E-state index is 12.9. The van der Waals surface area contributed by atoms with Gasteiger partial charge >= 0.3 is 5.97 Å². The fraction of sp³-hybridized carbons (Fsp3) is 0.579. The Bertz CT molecular complexity index is 586. The number of carboxylic acids is 1. The second-order valence-electron chi connectivity index (χ2n) is 6.71. The molecule has 2 atom stereocenters. The van der Waals surface area contributed by atoms with E-state index in [4.69, 9.17) is 14.6 Å². The van der Waals surface area contributed by atoms with Crippen LogP contribution in [0.25, 0.3) is 0 Å². The van der Waals surface area contributed by atoms with Crippen LogP contribution in [0.5, 0.6) is 5.75 Å². The number of nitrogens with one attached hydrogen (secondary N) is 1. The fourth-order valence-electron chi connectivity index (χ4n) is 3.23. The van der Waals surface area contributed by atoms with Crippen molar-refractivity contribution in [1.29, 1.82) is 0 Å². The average Bonchev–Trinajstić information content (AvgIpc) is 2.59. The molecule has 6 heteroatoms. The van der Waals surface area contributed by atoms with Gasteiger partial charge in [-0.3, -0.25) is 4.79 Å². The first-order valence-corrected chi connectivity index (χ1v) is 8.85. The number of rotatable bonds is 8. The topological polar surface area (TPSA) is 84.9 Å². The number of anilines is 1. The lowest BCUT2D eigenvalue weighted by Crippen LogP contribution is -2.48. The van der Waals surface area contributed by atoms with E-state index in [2.05, 4.69) is 12.2 Å². The number of hydrogen-bond acceptors (Lipinski definition) is 4. The number of hydrogen-bond donors (Lipinski definition) is 2. The van der Waals surface area contributed by atoms with Crippen LogP contribution in [0.2, 0.25) is 0 Å². The fourth-order valence-corrected chi connectivity index (χ4v) is 3.23. The van der Waals surface area contributed by atoms with Crippen LogP contribution in [0.4, 0.5) is 5.69 Å². The number of aliphatic carboxylic acids is 1. The van der Waals surface area contributed by atoms with Crippen LogP contribution >= 0.6 is 0 Å². The van der Waals surface area contributed by atoms with E-state index in [0.717, 1.165) is 32.1 Å². The summed E-state index contributed by atoms with van der Waals surface area (Å²) in [6.45, 7) is 4.37. The number of carboxylic acid groups (broad SMARTS) is 1. The number of benzene rings is 1. The molecule has 0 unspecified atom stereocenters. The molecule has 1 saturated carbocycles. The van der Waals surface area contributed by atoms with E-state index in [0.29, 0.717) is 24.0 Å². The van der Waals surface area contributed by atoms with Crippen LogP contribution in [0.3, 0.4) is 0 Å². The summed E-state index contributed by atoms with van der Waals surface area (Å²) in [5, 5.41) is 11.6. The number of carbonyl (C=O) groups excluding carboxylic acids is 1. The highest BCUT2D eigenvalue weighted by molar-refractivity contribution is 5.97. The molecule has 0 aliphatic heterocycles. The molecule has 2 rings (SSSR count). The Kier molecular flexibility index (Phi) is 6.82. The lowest BCUT2D eigenvalue weighted by atomic mass is 9.78. The zero-order chi connectivity index (χ0) is 18.3. The lowest BCUT2D eigenvalue weighted by Gasteiger charge is -2.38. The Morgan fingerprint density at radius 3 is 2.64 bits per heavy atom. The van der Waals surface area contributed by atoms with Crippen molar-refractivity contribution >= 4 is 17.6 Å². The van der Waals surface area contributed by atoms with Gasteiger partial charge in [0.2, 0.25) is 0 Å². The van der Waals surface area contributed by atoms with Gasteiger partial charge in [-0.2, -0.15) is 0 Å². The number of carbonyl (C=O) groups is 2. The molecule has 2 N–H and O–H groups in total. The van der Waals surface area contributed by atoms with Gasteiger partial charge in [-0.05, 0) is 55.9 Å². The van der Waals surface area contributed by atoms with Gasteiger partial charge in [0, 0.05) is 12.3 Å². The van der Waals surface area contributed by atoms with Gasteiger partial charge in [-0.1, -0.05) is 20.3 Å². The van der Waals surface area contributed by atoms with Crippen molar-refractivity contribution in [3.63, 3.8) is 0 Å². The molecule has 0 spiro atoms. The van der Waals surface area contributed by atoms with Gasteiger partial charge in [-0.15, -0.1) is 0 Å². The van der Waals surface area contributed by atoms with Crippen molar-refractivity contribution in [2.24, 2.45) is 5.92 Å². The first-order valence-electron chi connectivity index (χ1n) is 8.85. The molecule has 1 aliphatic rings. The van der Waals surface area contributed by atoms with E-state index in [1.165, 1.54) is 0 Å². The molecule has 1 aliphatic carbocycles. The van der Waals surface area contributed by atoms with Crippen molar-refractivity contribution in [2.75, 3.05) is 18.5 Å². The summed E-state index contributed by atoms with van der Waals surface area (Å²) < 4.78 is 11.1. The molecule has 1 amide bonds. The first-order chi connectivity index (χ1) is 11.9. The summed E-state index contributed by atoms with van der Waals surface area (Å²) in [4.78, 5) is 23.4. The molecule has 0 bridgehead atoms. The Morgan fingerprint density at radius 1 is 1.32 bits per heavy atom. The van der Waals surface area contributed by atoms with Crippen molar-refractivity contribution in [1.82, 2.24) is 0 Å². The highest BCUT2D eigenvalue weighted by Crippen LogP contribution is 2.36. The number of amides is 1. The van der Waals surface area contributed by atoms with Crippen LogP contribution in [0, 0.1) is 5.92 Å². The zero-order valence-corrected chi connectivity index (χ0v) is 14.9. The maximum Gasteiger partial charge on any atom is 0.341 e. The van der Waals surface area contributed by atoms with E-state index < -0.39 is 18.2 Å². The Balaban J connectivity index is 2.03. The third kappa shape index (κ3) is 5.46. The van der Waals surface area contributed by atoms with Gasteiger partial charge in [0.15, 0.2) is 6.61 Å². The maximum absolute atomic E-state index is 12.9. The third-order valence-corrected chi connectivity index (χ3v) is 4.43. The molecular weight excluding hydrogens is 322 g/mol. The van der Waals surface area contributed by atoms with Crippen LogP contribution in [0.15, 0.2) is 24.3 Å². The van der Waals surface area contributed by atoms with Crippen LogP contribution < -0.4 is 10.1 Å². The SMILES string of the molecule is CCCO[C@]1(C(=O)Nc2ccc(OCC(=O)O)cc2)CCC[C@@H](C)C1. The minimum atomic E-state index is -1.03. The molecule has 0 aromatic heterocycles. The Morgan fingerprint density at radius 2 is 2.04 bits per heavy atom. The molecule has 0 heterocycles. The summed E-state index contributed by atoms with van der Waals surface area (Å²) in [5.74, 6) is -0.225. The Labute approximate surface area is 148 Å². The normalized spacial score (nSPS) is 23.0. The second kappa shape index (κ2) is 8.85. The number of ether oxygens (including phenoxy) is 2. The molecule has 0 saturated heterocycles. The highest BCUT2D eigenvalue weighted by atomic mass is 16.5. The Hall–Kier alpha value is -2.08. The second-order valence-corrected chi connectivity index (χ2v) is 6.71. The smallest absolute Gasteiger partial charge is 0.341 e. The largest absolute Gasteiger partial charge is 0.482 e. The van der Waals surface area contributed by atoms with Crippen molar-refractivity contribution in [2.45, 2.75) is 51.6 Å². The molecular formula is C19H27NO5. The molecule has 1 aromatic rings. The van der Waals surface area contributed by atoms with E-state index in [-0.39, 0.29) is 5.91 Å². The molecule has 25 heavy (non-hydrogen) atoms. The summed E-state index contributed by atoms with van der Waals surface area (Å²) in [7, 11) is 0. The van der Waals surface area contributed by atoms with Crippen LogP contribution in [-0.2, 0) is 14.3 Å². The minimum Gasteiger partial charge on any atom is -0.482 e. The highest BCUT2D eigenvalue weighted by Gasteiger charge is 2.42. The molecule has 138 valence electrons. The predicted octanol–water partition coefficient (Wildman–Crippen LogP) is 3.46. The van der Waals surface area contributed by atoms with Gasteiger partial charge in [-0.25, -0.2) is 4.79 Å². The first kappa shape index (κ1) is 19.2. The van der Waals surface area contributed by atoms with Gasteiger partial charge in [0.1, 0.15) is 11.4 Å². The van der Waals surface area contributed by atoms with Gasteiger partial charge in [0.05, 0.1) is 0 Å². The predicted molar refractivity (Wildman–Crippen MR) is 94.8 cm³/mol. The van der Waals surface area contributed by atoms with E-state index in [1.807, 2.05) is 6.92 Å². The quantitative estimate of drug-likeness (QED) is 0.751. The molecule has 1 aromatic carbocycles. The van der Waals surface area contributed by atoms with Crippen molar-refractivity contribution in [3.05, 3.63) is 24.3 Å². The van der Waals surface area contributed by atoms with Crippen molar-refractivity contribution < 1.29 is 24.2 Å². The lowest BCUT2D eigenvalue weighted by molar-refractivity contribution is -0.148. The molecule has 0 radical (unpaired) electrons. The van der Waals surface area contributed by atoms with E-state index in [9.17, 15) is 9.59 Å². The summed E-state index contributed by atoms with van der Waals surface area (Å²) in [6.07, 6.45) is 4.46. The van der Waals surface area contributed by atoms with Gasteiger partial charge < -0.3 is 19.9 Å². The van der Waals surface area contributed by atoms with E-state index >= 15 is 0 Å². The average molecular weight is 349 g/mol. The summed E-state index contributed by atoms with van der Waals surface area (Å²) >= 11 is 0. The van der Waals surface area contributed by atoms with Crippen LogP contribution in [0.1, 0.15) is 46.0 Å². The van der Waals surface area contributed by atoms with Gasteiger partial charge in [0.25, 0.3) is 5.91 Å². The van der Waals surface area contributed by atoms with E-state index in [1.54, 1.807) is 24.3 Å². The molecule has 1 fully saturated rings. The summed E-state index contributed by atoms with van der Waals surface area (Å²) in [5.41, 5.74) is -0.114. The zero-order valence-electron chi connectivity index (χ0n) is 14.9. The molecule has 6 nitrogen and oxygen atoms in total. The van der Waals surface area contributed by atoms with Crippen LogP contribution in [-0.4, -0.2) is 35.8 Å². The minimum absolute atomic E-state index is 0.105. The summed E-state index contributed by atoms with van der Waals surface area (Å²) in [6, 6.07) is 6.69. The monoisotopic (exact) mass is 349 g/mol. The standard InChI is InChI=1S/C19H27NO5/c1-3-11-25-19(10-4-5-14(2)12-19)18(23)20-15-6-8-16(9-7-15)24-13-17(21)22/h6-9,14H,3-5,10-13H2,1-2H3,(H,20,23)(H,21,22)/t14-,19-/m1/s1. The third-order valence-electron chi connectivity index (χ3n) is 4.43.